The van der Waals surface area contributed by atoms with Crippen molar-refractivity contribution in [2.24, 2.45) is 0 Å². The molecule has 1 aromatic carbocycles. The fourth-order valence-electron chi connectivity index (χ4n) is 2.78. The molecule has 2 heterocycles. The molecule has 1 aromatic rings. The minimum Gasteiger partial charge on any atom is -0.480 e. The highest BCUT2D eigenvalue weighted by molar-refractivity contribution is 6.03. The molecule has 2 aliphatic rings. The first kappa shape index (κ1) is 12.7. The van der Waals surface area contributed by atoms with E-state index in [9.17, 15) is 14.4 Å². The lowest BCUT2D eigenvalue weighted by molar-refractivity contribution is -0.141. The van der Waals surface area contributed by atoms with Gasteiger partial charge < -0.3 is 15.3 Å². The third-order valence-electron chi connectivity index (χ3n) is 3.78. The van der Waals surface area contributed by atoms with Crippen molar-refractivity contribution in [3.63, 3.8) is 0 Å². The fraction of sp³-hybridized carbons (Fsp3) is 0.357. The van der Waals surface area contributed by atoms with E-state index in [2.05, 4.69) is 5.32 Å². The van der Waals surface area contributed by atoms with Crippen LogP contribution in [-0.2, 0) is 16.0 Å². The summed E-state index contributed by atoms with van der Waals surface area (Å²) in [7, 11) is 0. The SMILES string of the molecule is O=C1Cc2ccc(C(=O)N3CCC[C@H]3C(=O)O)cc2N1. The van der Waals surface area contributed by atoms with Crippen molar-refractivity contribution in [2.45, 2.75) is 25.3 Å². The lowest BCUT2D eigenvalue weighted by Crippen LogP contribution is -2.40. The Balaban J connectivity index is 1.86. The van der Waals surface area contributed by atoms with Gasteiger partial charge in [0.15, 0.2) is 0 Å². The predicted molar refractivity (Wildman–Crippen MR) is 70.5 cm³/mol. The summed E-state index contributed by atoms with van der Waals surface area (Å²) in [6, 6.07) is 4.27. The number of carbonyl (C=O) groups is 3. The maximum Gasteiger partial charge on any atom is 0.326 e. The molecule has 1 saturated heterocycles. The van der Waals surface area contributed by atoms with Crippen molar-refractivity contribution in [1.82, 2.24) is 4.90 Å². The number of benzene rings is 1. The van der Waals surface area contributed by atoms with Gasteiger partial charge in [0.05, 0.1) is 6.42 Å². The number of carboxylic acids is 1. The van der Waals surface area contributed by atoms with Crippen LogP contribution in [0.4, 0.5) is 5.69 Å². The number of fused-ring (bicyclic) bond motifs is 1. The first-order valence-electron chi connectivity index (χ1n) is 6.53. The third kappa shape index (κ3) is 2.03. The van der Waals surface area contributed by atoms with E-state index in [0.29, 0.717) is 37.1 Å². The van der Waals surface area contributed by atoms with E-state index >= 15 is 0 Å². The van der Waals surface area contributed by atoms with E-state index < -0.39 is 12.0 Å². The van der Waals surface area contributed by atoms with Gasteiger partial charge in [-0.05, 0) is 30.5 Å². The molecule has 1 atom stereocenters. The Morgan fingerprint density at radius 1 is 1.35 bits per heavy atom. The van der Waals surface area contributed by atoms with Crippen LogP contribution in [0, 0.1) is 0 Å². The fourth-order valence-corrected chi connectivity index (χ4v) is 2.78. The summed E-state index contributed by atoms with van der Waals surface area (Å²) < 4.78 is 0. The summed E-state index contributed by atoms with van der Waals surface area (Å²) in [5, 5.41) is 11.8. The van der Waals surface area contributed by atoms with Crippen LogP contribution in [0.3, 0.4) is 0 Å². The highest BCUT2D eigenvalue weighted by atomic mass is 16.4. The Morgan fingerprint density at radius 2 is 2.15 bits per heavy atom. The summed E-state index contributed by atoms with van der Waals surface area (Å²) >= 11 is 0. The molecule has 6 heteroatoms. The van der Waals surface area contributed by atoms with Crippen LogP contribution < -0.4 is 5.32 Å². The van der Waals surface area contributed by atoms with Gasteiger partial charge in [0, 0.05) is 17.8 Å². The molecule has 20 heavy (non-hydrogen) atoms. The summed E-state index contributed by atoms with van der Waals surface area (Å²) in [6.45, 7) is 0.458. The summed E-state index contributed by atoms with van der Waals surface area (Å²) in [6.07, 6.45) is 1.51. The van der Waals surface area contributed by atoms with E-state index in [4.69, 9.17) is 5.11 Å². The van der Waals surface area contributed by atoms with Crippen molar-refractivity contribution in [1.29, 1.82) is 0 Å². The number of nitrogens with zero attached hydrogens (tertiary/aromatic N) is 1. The van der Waals surface area contributed by atoms with Crippen molar-refractivity contribution in [3.8, 4) is 0 Å². The van der Waals surface area contributed by atoms with E-state index in [1.807, 2.05) is 0 Å². The topological polar surface area (TPSA) is 86.7 Å². The molecular formula is C14H14N2O4. The van der Waals surface area contributed by atoms with Gasteiger partial charge in [0.2, 0.25) is 5.91 Å². The molecular weight excluding hydrogens is 260 g/mol. The second-order valence-corrected chi connectivity index (χ2v) is 5.09. The molecule has 0 saturated carbocycles. The Morgan fingerprint density at radius 3 is 2.90 bits per heavy atom. The summed E-state index contributed by atoms with van der Waals surface area (Å²) in [5.41, 5.74) is 1.92. The molecule has 2 amide bonds. The molecule has 104 valence electrons. The van der Waals surface area contributed by atoms with Gasteiger partial charge in [-0.3, -0.25) is 9.59 Å². The molecule has 3 rings (SSSR count). The van der Waals surface area contributed by atoms with Crippen molar-refractivity contribution >= 4 is 23.5 Å². The Kier molecular flexibility index (Phi) is 2.93. The van der Waals surface area contributed by atoms with E-state index in [0.717, 1.165) is 5.56 Å². The second kappa shape index (κ2) is 4.63. The maximum atomic E-state index is 12.4. The van der Waals surface area contributed by atoms with Crippen LogP contribution in [-0.4, -0.2) is 40.4 Å². The zero-order chi connectivity index (χ0) is 14.3. The Bertz CT molecular complexity index is 611. The Hall–Kier alpha value is -2.37. The summed E-state index contributed by atoms with van der Waals surface area (Å²) in [5.74, 6) is -1.35. The maximum absolute atomic E-state index is 12.4. The highest BCUT2D eigenvalue weighted by Gasteiger charge is 2.34. The van der Waals surface area contributed by atoms with E-state index in [1.165, 1.54) is 4.90 Å². The van der Waals surface area contributed by atoms with Crippen LogP contribution in [0.15, 0.2) is 18.2 Å². The number of amides is 2. The standard InChI is InChI=1S/C14H14N2O4/c17-12-7-8-3-4-9(6-10(8)15-12)13(18)16-5-1-2-11(16)14(19)20/h3-4,6,11H,1-2,5,7H2,(H,15,17)(H,19,20)/t11-/m0/s1. The minimum absolute atomic E-state index is 0.0887. The molecule has 6 nitrogen and oxygen atoms in total. The second-order valence-electron chi connectivity index (χ2n) is 5.09. The predicted octanol–water partition coefficient (Wildman–Crippen LogP) is 0.870. The van der Waals surface area contributed by atoms with Crippen LogP contribution >= 0.6 is 0 Å². The number of likely N-dealkylation sites (tertiary alicyclic amines) is 1. The first-order chi connectivity index (χ1) is 9.56. The molecule has 0 radical (unpaired) electrons. The number of aliphatic carboxylic acids is 1. The largest absolute Gasteiger partial charge is 0.480 e. The van der Waals surface area contributed by atoms with Crippen LogP contribution in [0.25, 0.3) is 0 Å². The quantitative estimate of drug-likeness (QED) is 0.837. The summed E-state index contributed by atoms with van der Waals surface area (Å²) in [4.78, 5) is 36.2. The van der Waals surface area contributed by atoms with Crippen LogP contribution in [0.5, 0.6) is 0 Å². The van der Waals surface area contributed by atoms with Crippen molar-refractivity contribution in [3.05, 3.63) is 29.3 Å². The van der Waals surface area contributed by atoms with Crippen molar-refractivity contribution < 1.29 is 19.5 Å². The lowest BCUT2D eigenvalue weighted by Gasteiger charge is -2.21. The zero-order valence-corrected chi connectivity index (χ0v) is 10.8. The number of carbonyl (C=O) groups excluding carboxylic acids is 2. The third-order valence-corrected chi connectivity index (χ3v) is 3.78. The normalized spacial score (nSPS) is 20.7. The molecule has 0 spiro atoms. The van der Waals surface area contributed by atoms with Gasteiger partial charge in [-0.2, -0.15) is 0 Å². The molecule has 2 N–H and O–H groups in total. The number of anilines is 1. The lowest BCUT2D eigenvalue weighted by atomic mass is 10.1. The Labute approximate surface area is 115 Å². The number of nitrogens with one attached hydrogen (secondary N) is 1. The van der Waals surface area contributed by atoms with Gasteiger partial charge in [-0.1, -0.05) is 6.07 Å². The zero-order valence-electron chi connectivity index (χ0n) is 10.8. The average molecular weight is 274 g/mol. The first-order valence-corrected chi connectivity index (χ1v) is 6.53. The van der Waals surface area contributed by atoms with Gasteiger partial charge in [-0.15, -0.1) is 0 Å². The van der Waals surface area contributed by atoms with E-state index in [1.54, 1.807) is 18.2 Å². The monoisotopic (exact) mass is 274 g/mol. The van der Waals surface area contributed by atoms with Gasteiger partial charge in [0.1, 0.15) is 6.04 Å². The molecule has 0 aliphatic carbocycles. The smallest absolute Gasteiger partial charge is 0.326 e. The molecule has 0 unspecified atom stereocenters. The minimum atomic E-state index is -0.967. The van der Waals surface area contributed by atoms with Crippen LogP contribution in [0.2, 0.25) is 0 Å². The number of carboxylic acid groups (broad SMARTS) is 1. The molecule has 0 aromatic heterocycles. The number of hydrogen-bond donors (Lipinski definition) is 2. The van der Waals surface area contributed by atoms with Gasteiger partial charge in [0.25, 0.3) is 5.91 Å². The molecule has 2 aliphatic heterocycles. The van der Waals surface area contributed by atoms with Crippen molar-refractivity contribution in [2.75, 3.05) is 11.9 Å². The van der Waals surface area contributed by atoms with Gasteiger partial charge in [-0.25, -0.2) is 4.79 Å². The average Bonchev–Trinajstić information content (AvgIpc) is 3.01. The number of hydrogen-bond acceptors (Lipinski definition) is 3. The van der Waals surface area contributed by atoms with Gasteiger partial charge >= 0.3 is 5.97 Å². The number of rotatable bonds is 2. The van der Waals surface area contributed by atoms with Crippen LogP contribution in [0.1, 0.15) is 28.8 Å². The molecule has 0 bridgehead atoms. The van der Waals surface area contributed by atoms with E-state index in [-0.39, 0.29) is 11.8 Å². The molecule has 1 fully saturated rings. The highest BCUT2D eigenvalue weighted by Crippen LogP contribution is 2.26.